The van der Waals surface area contributed by atoms with Crippen molar-refractivity contribution in [1.29, 1.82) is 0 Å². The lowest BCUT2D eigenvalue weighted by Gasteiger charge is -2.06. The van der Waals surface area contributed by atoms with Gasteiger partial charge in [0.25, 0.3) is 0 Å². The minimum absolute atomic E-state index is 0.0405. The number of fused-ring (bicyclic) bond motifs is 1. The molecule has 0 saturated carbocycles. The maximum absolute atomic E-state index is 11.5. The van der Waals surface area contributed by atoms with E-state index in [2.05, 4.69) is 4.98 Å². The summed E-state index contributed by atoms with van der Waals surface area (Å²) < 4.78 is 1.91. The number of pyridine rings is 2. The maximum atomic E-state index is 11.5. The standard InChI is InChI=1S/C10H10N2O/c1-7-6-9(13)8-4-3-5-11-10(8)12(7)2/h3-6H,1-2H3. The number of aryl methyl sites for hydroxylation is 2. The third-order valence-electron chi connectivity index (χ3n) is 2.24. The molecule has 0 atom stereocenters. The lowest BCUT2D eigenvalue weighted by molar-refractivity contribution is 0.881. The van der Waals surface area contributed by atoms with E-state index in [0.717, 1.165) is 11.3 Å². The highest BCUT2D eigenvalue weighted by atomic mass is 16.1. The van der Waals surface area contributed by atoms with E-state index >= 15 is 0 Å². The molecule has 0 aliphatic carbocycles. The Hall–Kier alpha value is -1.64. The van der Waals surface area contributed by atoms with E-state index in [9.17, 15) is 4.79 Å². The summed E-state index contributed by atoms with van der Waals surface area (Å²) in [5.41, 5.74) is 1.71. The zero-order chi connectivity index (χ0) is 9.42. The van der Waals surface area contributed by atoms with Gasteiger partial charge in [0.05, 0.1) is 5.39 Å². The number of hydrogen-bond donors (Lipinski definition) is 0. The van der Waals surface area contributed by atoms with Crippen molar-refractivity contribution in [2.24, 2.45) is 7.05 Å². The van der Waals surface area contributed by atoms with Crippen molar-refractivity contribution >= 4 is 11.0 Å². The van der Waals surface area contributed by atoms with Crippen LogP contribution in [0.3, 0.4) is 0 Å². The Bertz CT molecular complexity index is 514. The molecule has 13 heavy (non-hydrogen) atoms. The first kappa shape index (κ1) is 7.98. The first-order valence-electron chi connectivity index (χ1n) is 4.11. The zero-order valence-corrected chi connectivity index (χ0v) is 7.61. The second-order valence-electron chi connectivity index (χ2n) is 3.08. The quantitative estimate of drug-likeness (QED) is 0.602. The van der Waals surface area contributed by atoms with Gasteiger partial charge in [-0.3, -0.25) is 4.79 Å². The lowest BCUT2D eigenvalue weighted by atomic mass is 10.2. The Kier molecular flexibility index (Phi) is 1.65. The van der Waals surface area contributed by atoms with Gasteiger partial charge in [0.2, 0.25) is 0 Å². The second-order valence-corrected chi connectivity index (χ2v) is 3.08. The zero-order valence-electron chi connectivity index (χ0n) is 7.61. The van der Waals surface area contributed by atoms with Crippen molar-refractivity contribution in [1.82, 2.24) is 9.55 Å². The first-order chi connectivity index (χ1) is 6.20. The van der Waals surface area contributed by atoms with Crippen LogP contribution < -0.4 is 5.43 Å². The van der Waals surface area contributed by atoms with E-state index in [0.29, 0.717) is 5.39 Å². The Morgan fingerprint density at radius 3 is 3.00 bits per heavy atom. The highest BCUT2D eigenvalue weighted by Gasteiger charge is 2.02. The van der Waals surface area contributed by atoms with Crippen molar-refractivity contribution in [2.45, 2.75) is 6.92 Å². The molecule has 0 spiro atoms. The smallest absolute Gasteiger partial charge is 0.191 e. The fourth-order valence-electron chi connectivity index (χ4n) is 1.39. The summed E-state index contributed by atoms with van der Waals surface area (Å²) in [7, 11) is 1.91. The molecular formula is C10H10N2O. The molecule has 0 aliphatic rings. The van der Waals surface area contributed by atoms with Gasteiger partial charge in [-0.1, -0.05) is 0 Å². The summed E-state index contributed by atoms with van der Waals surface area (Å²) in [5.74, 6) is 0. The molecule has 0 bridgehead atoms. The molecule has 2 heterocycles. The summed E-state index contributed by atoms with van der Waals surface area (Å²) >= 11 is 0. The average molecular weight is 174 g/mol. The molecule has 0 saturated heterocycles. The molecule has 66 valence electrons. The van der Waals surface area contributed by atoms with Crippen LogP contribution in [0.2, 0.25) is 0 Å². The van der Waals surface area contributed by atoms with Crippen LogP contribution in [0.15, 0.2) is 29.2 Å². The van der Waals surface area contributed by atoms with Crippen LogP contribution in [-0.4, -0.2) is 9.55 Å². The average Bonchev–Trinajstić information content (AvgIpc) is 2.15. The van der Waals surface area contributed by atoms with E-state index in [4.69, 9.17) is 0 Å². The molecule has 0 unspecified atom stereocenters. The van der Waals surface area contributed by atoms with Crippen molar-refractivity contribution in [3.8, 4) is 0 Å². The molecule has 0 aliphatic heterocycles. The topological polar surface area (TPSA) is 34.9 Å². The van der Waals surface area contributed by atoms with Crippen molar-refractivity contribution in [3.63, 3.8) is 0 Å². The Morgan fingerprint density at radius 2 is 2.23 bits per heavy atom. The molecule has 0 aromatic carbocycles. The minimum atomic E-state index is 0.0405. The number of nitrogens with zero attached hydrogens (tertiary/aromatic N) is 2. The van der Waals surface area contributed by atoms with E-state index in [1.165, 1.54) is 0 Å². The largest absolute Gasteiger partial charge is 0.333 e. The molecule has 2 aromatic rings. The molecule has 2 rings (SSSR count). The van der Waals surface area contributed by atoms with Gasteiger partial charge in [0.15, 0.2) is 5.43 Å². The fourth-order valence-corrected chi connectivity index (χ4v) is 1.39. The molecule has 0 radical (unpaired) electrons. The predicted molar refractivity (Wildman–Crippen MR) is 51.7 cm³/mol. The SMILES string of the molecule is Cc1cc(=O)c2cccnc2n1C. The summed E-state index contributed by atoms with van der Waals surface area (Å²) in [6, 6.07) is 5.20. The van der Waals surface area contributed by atoms with Gasteiger partial charge in [-0.05, 0) is 19.1 Å². The van der Waals surface area contributed by atoms with Crippen LogP contribution in [0.25, 0.3) is 11.0 Å². The van der Waals surface area contributed by atoms with Gasteiger partial charge in [0, 0.05) is 25.0 Å². The molecule has 0 fully saturated rings. The normalized spacial score (nSPS) is 10.6. The molecule has 2 aromatic heterocycles. The van der Waals surface area contributed by atoms with Gasteiger partial charge in [0.1, 0.15) is 5.65 Å². The molecule has 0 amide bonds. The van der Waals surface area contributed by atoms with Crippen LogP contribution in [0.4, 0.5) is 0 Å². The van der Waals surface area contributed by atoms with Gasteiger partial charge >= 0.3 is 0 Å². The van der Waals surface area contributed by atoms with Crippen molar-refractivity contribution < 1.29 is 0 Å². The minimum Gasteiger partial charge on any atom is -0.333 e. The summed E-state index contributed by atoms with van der Waals surface area (Å²) in [4.78, 5) is 15.7. The monoisotopic (exact) mass is 174 g/mol. The second kappa shape index (κ2) is 2.69. The molecule has 0 N–H and O–H groups in total. The Morgan fingerprint density at radius 1 is 1.46 bits per heavy atom. The van der Waals surface area contributed by atoms with Crippen LogP contribution in [0, 0.1) is 6.92 Å². The molecule has 3 nitrogen and oxygen atoms in total. The van der Waals surface area contributed by atoms with Crippen LogP contribution >= 0.6 is 0 Å². The van der Waals surface area contributed by atoms with Crippen LogP contribution in [-0.2, 0) is 7.05 Å². The fraction of sp³-hybridized carbons (Fsp3) is 0.200. The summed E-state index contributed by atoms with van der Waals surface area (Å²) in [5, 5.41) is 0.676. The summed E-state index contributed by atoms with van der Waals surface area (Å²) in [6.45, 7) is 1.90. The number of rotatable bonds is 0. The van der Waals surface area contributed by atoms with Crippen molar-refractivity contribution in [3.05, 3.63) is 40.3 Å². The van der Waals surface area contributed by atoms with E-state index in [1.807, 2.05) is 18.5 Å². The maximum Gasteiger partial charge on any atom is 0.191 e. The van der Waals surface area contributed by atoms with Gasteiger partial charge < -0.3 is 4.57 Å². The predicted octanol–water partition coefficient (Wildman–Crippen LogP) is 1.24. The van der Waals surface area contributed by atoms with Gasteiger partial charge in [-0.2, -0.15) is 0 Å². The van der Waals surface area contributed by atoms with Gasteiger partial charge in [-0.25, -0.2) is 4.98 Å². The van der Waals surface area contributed by atoms with Crippen LogP contribution in [0.1, 0.15) is 5.69 Å². The lowest BCUT2D eigenvalue weighted by Crippen LogP contribution is -2.09. The number of hydrogen-bond acceptors (Lipinski definition) is 2. The highest BCUT2D eigenvalue weighted by molar-refractivity contribution is 5.74. The van der Waals surface area contributed by atoms with E-state index < -0.39 is 0 Å². The number of aromatic nitrogens is 2. The third kappa shape index (κ3) is 1.13. The first-order valence-corrected chi connectivity index (χ1v) is 4.11. The Labute approximate surface area is 75.7 Å². The third-order valence-corrected chi connectivity index (χ3v) is 2.24. The molecule has 3 heteroatoms. The van der Waals surface area contributed by atoms with Crippen LogP contribution in [0.5, 0.6) is 0 Å². The molecular weight excluding hydrogens is 164 g/mol. The Balaban J connectivity index is 3.06. The highest BCUT2D eigenvalue weighted by Crippen LogP contribution is 2.06. The van der Waals surface area contributed by atoms with E-state index in [-0.39, 0.29) is 5.43 Å². The van der Waals surface area contributed by atoms with Gasteiger partial charge in [-0.15, -0.1) is 0 Å². The van der Waals surface area contributed by atoms with Crippen molar-refractivity contribution in [2.75, 3.05) is 0 Å². The summed E-state index contributed by atoms with van der Waals surface area (Å²) in [6.07, 6.45) is 1.70. The van der Waals surface area contributed by atoms with E-state index in [1.54, 1.807) is 24.4 Å².